The maximum absolute atomic E-state index is 7.50. The van der Waals surface area contributed by atoms with E-state index < -0.39 is 0 Å². The zero-order valence-electron chi connectivity index (χ0n) is 7.01. The largest absolute Gasteiger partial charge is 0.154 e. The van der Waals surface area contributed by atoms with Gasteiger partial charge >= 0.3 is 0 Å². The van der Waals surface area contributed by atoms with Crippen LogP contribution in [-0.4, -0.2) is 0 Å². The van der Waals surface area contributed by atoms with Crippen LogP contribution >= 0.6 is 0 Å². The third-order valence-electron chi connectivity index (χ3n) is 2.00. The summed E-state index contributed by atoms with van der Waals surface area (Å²) in [4.78, 5) is 7.50. The molecule has 3 heteroatoms. The molecule has 1 radical (unpaired) electrons. The van der Waals surface area contributed by atoms with Crippen molar-refractivity contribution < 1.29 is 20.0 Å². The molecular weight excluding hydrogens is 189 g/mol. The first kappa shape index (κ1) is 18.1. The molecule has 0 atom stereocenters. The van der Waals surface area contributed by atoms with Crippen molar-refractivity contribution in [3.63, 3.8) is 0 Å². The molecule has 0 aromatic rings. The van der Waals surface area contributed by atoms with Crippen LogP contribution < -0.4 is 0 Å². The van der Waals surface area contributed by atoms with Crippen LogP contribution in [0.15, 0.2) is 0 Å². The molecule has 0 aromatic heterocycles. The molecule has 75 valence electrons. The summed E-state index contributed by atoms with van der Waals surface area (Å²) in [6.07, 6.45) is 12.0. The predicted octanol–water partition coefficient (Wildman–Crippen LogP) is 4.33. The van der Waals surface area contributed by atoms with Crippen LogP contribution in [0.2, 0.25) is 0 Å². The Morgan fingerprint density at radius 1 is 0.667 bits per heavy atom. The zero-order chi connectivity index (χ0) is 7.66. The molecule has 0 unspecified atom stereocenters. The molecule has 0 aromatic carbocycles. The molecular formula is C9H23NOV. The summed E-state index contributed by atoms with van der Waals surface area (Å²) in [6.45, 7) is 0. The molecule has 12 heavy (non-hydrogen) atoms. The van der Waals surface area contributed by atoms with E-state index in [9.17, 15) is 0 Å². The third kappa shape index (κ3) is 12.8. The average Bonchev–Trinajstić information content (AvgIpc) is 1.59. The van der Waals surface area contributed by atoms with Gasteiger partial charge in [-0.3, -0.25) is 0 Å². The van der Waals surface area contributed by atoms with Gasteiger partial charge in [0.1, 0.15) is 0 Å². The van der Waals surface area contributed by atoms with Crippen molar-refractivity contribution in [2.24, 2.45) is 0 Å². The van der Waals surface area contributed by atoms with E-state index in [4.69, 9.17) is 4.91 Å². The van der Waals surface area contributed by atoms with Crippen LogP contribution in [0.3, 0.4) is 0 Å². The van der Waals surface area contributed by atoms with Gasteiger partial charge in [-0.05, 0) is 0 Å². The van der Waals surface area contributed by atoms with E-state index >= 15 is 0 Å². The van der Waals surface area contributed by atoms with E-state index in [1.807, 2.05) is 0 Å². The standard InChI is InChI=1S/2C4H8.CH4.HNO.V.H2/c2*1-2-4-3-1;;1-2;;/h2*1-4H2;1H4;1H;;1H/i;;;;;1+2. The fourth-order valence-electron chi connectivity index (χ4n) is 0.500. The monoisotopic (exact) mass is 214 g/mol. The van der Waals surface area contributed by atoms with Gasteiger partial charge in [0.2, 0.25) is 0 Å². The number of rotatable bonds is 0. The van der Waals surface area contributed by atoms with E-state index in [-0.39, 0.29) is 27.4 Å². The molecule has 2 nitrogen and oxygen atoms in total. The van der Waals surface area contributed by atoms with E-state index in [1.54, 1.807) is 0 Å². The van der Waals surface area contributed by atoms with Crippen molar-refractivity contribution >= 4 is 0 Å². The van der Waals surface area contributed by atoms with Crippen molar-refractivity contribution in [3.05, 3.63) is 4.91 Å². The summed E-state index contributed by atoms with van der Waals surface area (Å²) in [7, 11) is 0. The minimum atomic E-state index is 0. The van der Waals surface area contributed by atoms with Crippen molar-refractivity contribution in [2.75, 3.05) is 0 Å². The van der Waals surface area contributed by atoms with Crippen molar-refractivity contribution in [2.45, 2.75) is 58.8 Å². The summed E-state index contributed by atoms with van der Waals surface area (Å²) in [5.74, 6) is 0. The van der Waals surface area contributed by atoms with Crippen molar-refractivity contribution in [1.82, 2.24) is 0 Å². The minimum absolute atomic E-state index is 0. The molecule has 0 aliphatic heterocycles. The van der Waals surface area contributed by atoms with Crippen LogP contribution in [0, 0.1) is 10.5 Å². The summed E-state index contributed by atoms with van der Waals surface area (Å²) in [6, 6.07) is 0. The number of hydrogen-bond acceptors (Lipinski definition) is 2. The van der Waals surface area contributed by atoms with Gasteiger partial charge in [0, 0.05) is 20.0 Å². The van der Waals surface area contributed by atoms with E-state index in [1.165, 1.54) is 51.4 Å². The van der Waals surface area contributed by atoms with Crippen molar-refractivity contribution in [3.8, 4) is 0 Å². The smallest absolute Gasteiger partial charge is 0 e. The van der Waals surface area contributed by atoms with Gasteiger partial charge in [0.15, 0.2) is 0 Å². The first-order chi connectivity index (χ1) is 5.00. The SMILES string of the molecule is C.C1CCC1.C1CCC1.N=O.[3HH].[V]. The second-order valence-corrected chi connectivity index (χ2v) is 2.83. The van der Waals surface area contributed by atoms with E-state index in [0.717, 1.165) is 0 Å². The Balaban J connectivity index is -0.0000000441. The van der Waals surface area contributed by atoms with Gasteiger partial charge in [-0.25, -0.2) is 0 Å². The quantitative estimate of drug-likeness (QED) is 0.599. The summed E-state index contributed by atoms with van der Waals surface area (Å²) >= 11 is 0. The number of nitroso groups, excluding NO2 is 1. The molecule has 2 aliphatic rings. The first-order valence-electron chi connectivity index (χ1n) is 4.20. The maximum Gasteiger partial charge on any atom is 0 e. The fourth-order valence-corrected chi connectivity index (χ4v) is 0.500. The molecule has 0 spiro atoms. The first-order valence-corrected chi connectivity index (χ1v) is 4.20. The average molecular weight is 214 g/mol. The molecule has 2 rings (SSSR count). The van der Waals surface area contributed by atoms with E-state index in [0.29, 0.717) is 0 Å². The molecule has 0 bridgehead atoms. The molecule has 0 saturated heterocycles. The molecule has 2 aliphatic carbocycles. The Kier molecular flexibility index (Phi) is 26.1. The summed E-state index contributed by atoms with van der Waals surface area (Å²) in [5.41, 5.74) is 4.50. The van der Waals surface area contributed by atoms with E-state index in [2.05, 4.69) is 5.59 Å². The summed E-state index contributed by atoms with van der Waals surface area (Å²) < 4.78 is 0. The Morgan fingerprint density at radius 3 is 0.750 bits per heavy atom. The number of hydrogen-bond donors (Lipinski definition) is 1. The summed E-state index contributed by atoms with van der Waals surface area (Å²) in [5, 5.41) is 0. The third-order valence-corrected chi connectivity index (χ3v) is 2.00. The Bertz CT molecular complexity index is 52.6. The van der Waals surface area contributed by atoms with Gasteiger partial charge in [0.05, 0.1) is 0 Å². The van der Waals surface area contributed by atoms with Gasteiger partial charge in [-0.1, -0.05) is 64.4 Å². The fraction of sp³-hybridized carbons (Fsp3) is 1.00. The predicted molar refractivity (Wildman–Crippen MR) is 51.9 cm³/mol. The Morgan fingerprint density at radius 2 is 0.750 bits per heavy atom. The minimum Gasteiger partial charge on any atom is -0.154 e. The molecule has 2 fully saturated rings. The molecule has 2 saturated carbocycles. The van der Waals surface area contributed by atoms with Gasteiger partial charge in [-0.2, -0.15) is 4.91 Å². The van der Waals surface area contributed by atoms with Gasteiger partial charge in [-0.15, -0.1) is 0 Å². The molecule has 0 heterocycles. The van der Waals surface area contributed by atoms with Crippen LogP contribution in [0.5, 0.6) is 0 Å². The van der Waals surface area contributed by atoms with Crippen LogP contribution in [0.4, 0.5) is 0 Å². The van der Waals surface area contributed by atoms with Crippen LogP contribution in [-0.2, 0) is 18.6 Å². The zero-order valence-corrected chi connectivity index (χ0v) is 8.41. The molecule has 0 amide bonds. The number of nitrogens with one attached hydrogen (secondary N) is 1. The van der Waals surface area contributed by atoms with Crippen LogP contribution in [0.1, 0.15) is 60.2 Å². The van der Waals surface area contributed by atoms with Gasteiger partial charge in [0.25, 0.3) is 0 Å². The van der Waals surface area contributed by atoms with Crippen molar-refractivity contribution in [1.29, 1.82) is 5.59 Å². The second-order valence-electron chi connectivity index (χ2n) is 2.83. The maximum atomic E-state index is 7.50. The Labute approximate surface area is 89.6 Å². The normalized spacial score (nSPS) is 16.3. The topological polar surface area (TPSA) is 40.9 Å². The Hall–Kier alpha value is 0.184. The molecule has 1 N–H and O–H groups in total. The van der Waals surface area contributed by atoms with Crippen LogP contribution in [0.25, 0.3) is 0 Å². The van der Waals surface area contributed by atoms with Gasteiger partial charge < -0.3 is 0 Å². The second kappa shape index (κ2) is 17.3.